The number of hydrogen-bond donors (Lipinski definition) is 0. The summed E-state index contributed by atoms with van der Waals surface area (Å²) >= 11 is 0. The minimum atomic E-state index is -0.488. The van der Waals surface area contributed by atoms with Crippen LogP contribution in [0.25, 0.3) is 0 Å². The average Bonchev–Trinajstić information content (AvgIpc) is 2.73. The molecule has 0 N–H and O–H groups in total. The molecule has 1 aromatic rings. The van der Waals surface area contributed by atoms with Crippen molar-refractivity contribution in [2.24, 2.45) is 5.92 Å². The molecule has 0 aromatic heterocycles. The highest BCUT2D eigenvalue weighted by atomic mass is 16.5. The molecule has 4 nitrogen and oxygen atoms in total. The first-order valence-electron chi connectivity index (χ1n) is 12.4. The van der Waals surface area contributed by atoms with E-state index in [0.717, 1.165) is 18.8 Å². The van der Waals surface area contributed by atoms with Crippen molar-refractivity contribution in [2.75, 3.05) is 6.61 Å². The van der Waals surface area contributed by atoms with E-state index in [9.17, 15) is 9.59 Å². The Bertz CT molecular complexity index is 621. The third-order valence-corrected chi connectivity index (χ3v) is 5.37. The number of carbonyl (C=O) groups is 2. The highest BCUT2D eigenvalue weighted by molar-refractivity contribution is 6.03. The van der Waals surface area contributed by atoms with Gasteiger partial charge in [0, 0.05) is 0 Å². The Morgan fingerprint density at radius 3 is 1.61 bits per heavy atom. The molecule has 0 aliphatic heterocycles. The van der Waals surface area contributed by atoms with E-state index in [1.54, 1.807) is 38.1 Å². The molecular formula is C27H44O4. The lowest BCUT2D eigenvalue weighted by atomic mass is 10.0. The van der Waals surface area contributed by atoms with Gasteiger partial charge in [0.1, 0.15) is 0 Å². The smallest absolute Gasteiger partial charge is 0.339 e. The number of hydrogen-bond acceptors (Lipinski definition) is 4. The van der Waals surface area contributed by atoms with Crippen LogP contribution in [0, 0.1) is 5.92 Å². The Balaban J connectivity index is 2.07. The van der Waals surface area contributed by atoms with Gasteiger partial charge >= 0.3 is 11.9 Å². The molecule has 1 rings (SSSR count). The summed E-state index contributed by atoms with van der Waals surface area (Å²) in [6.07, 6.45) is 15.0. The monoisotopic (exact) mass is 432 g/mol. The van der Waals surface area contributed by atoms with Gasteiger partial charge in [-0.25, -0.2) is 9.59 Å². The van der Waals surface area contributed by atoms with Gasteiger partial charge in [-0.15, -0.1) is 0 Å². The first-order valence-corrected chi connectivity index (χ1v) is 12.4. The maximum Gasteiger partial charge on any atom is 0.339 e. The minimum Gasteiger partial charge on any atom is -0.462 e. The van der Waals surface area contributed by atoms with Crippen LogP contribution < -0.4 is 0 Å². The standard InChI is InChI=1S/C27H44O4/c1-22(2)18-14-12-10-8-6-5-7-9-11-13-17-21-30-26(28)24-19-15-16-20-25(24)27(29)31-23(3)4/h15-16,19-20,22-23H,5-14,17-18,21H2,1-4H3. The molecule has 4 heteroatoms. The second kappa shape index (κ2) is 16.8. The molecule has 0 bridgehead atoms. The number of ether oxygens (including phenoxy) is 2. The van der Waals surface area contributed by atoms with E-state index in [4.69, 9.17) is 9.47 Å². The molecule has 1 aromatic carbocycles. The van der Waals surface area contributed by atoms with E-state index in [2.05, 4.69) is 13.8 Å². The summed E-state index contributed by atoms with van der Waals surface area (Å²) in [7, 11) is 0. The lowest BCUT2D eigenvalue weighted by Gasteiger charge is -2.11. The number of benzene rings is 1. The number of esters is 2. The van der Waals surface area contributed by atoms with Crippen molar-refractivity contribution in [3.63, 3.8) is 0 Å². The number of unbranched alkanes of at least 4 members (excludes halogenated alkanes) is 10. The van der Waals surface area contributed by atoms with Gasteiger partial charge in [-0.1, -0.05) is 96.6 Å². The predicted molar refractivity (Wildman–Crippen MR) is 128 cm³/mol. The van der Waals surface area contributed by atoms with Gasteiger partial charge in [-0.05, 0) is 38.3 Å². The summed E-state index contributed by atoms with van der Waals surface area (Å²) in [5.74, 6) is -0.101. The van der Waals surface area contributed by atoms with Crippen molar-refractivity contribution in [1.82, 2.24) is 0 Å². The van der Waals surface area contributed by atoms with Gasteiger partial charge in [0.2, 0.25) is 0 Å². The molecule has 0 heterocycles. The van der Waals surface area contributed by atoms with Crippen LogP contribution in [0.2, 0.25) is 0 Å². The molecule has 0 fully saturated rings. The van der Waals surface area contributed by atoms with Gasteiger partial charge < -0.3 is 9.47 Å². The first kappa shape index (κ1) is 27.2. The van der Waals surface area contributed by atoms with Gasteiger partial charge in [0.25, 0.3) is 0 Å². The summed E-state index contributed by atoms with van der Waals surface area (Å²) in [5.41, 5.74) is 0.540. The summed E-state index contributed by atoms with van der Waals surface area (Å²) in [4.78, 5) is 24.5. The largest absolute Gasteiger partial charge is 0.462 e. The van der Waals surface area contributed by atoms with Crippen molar-refractivity contribution in [1.29, 1.82) is 0 Å². The van der Waals surface area contributed by atoms with Crippen LogP contribution >= 0.6 is 0 Å². The maximum atomic E-state index is 12.4. The van der Waals surface area contributed by atoms with Crippen molar-refractivity contribution in [3.8, 4) is 0 Å². The van der Waals surface area contributed by atoms with Crippen LogP contribution in [0.4, 0.5) is 0 Å². The number of rotatable bonds is 17. The lowest BCUT2D eigenvalue weighted by molar-refractivity contribution is 0.0360. The molecule has 0 amide bonds. The highest BCUT2D eigenvalue weighted by Crippen LogP contribution is 2.15. The summed E-state index contributed by atoms with van der Waals surface area (Å²) in [6.45, 7) is 8.57. The molecule has 31 heavy (non-hydrogen) atoms. The third kappa shape index (κ3) is 13.2. The normalized spacial score (nSPS) is 11.2. The Labute approximate surface area is 190 Å². The fourth-order valence-corrected chi connectivity index (χ4v) is 3.60. The molecule has 0 unspecified atom stereocenters. The fourth-order valence-electron chi connectivity index (χ4n) is 3.60. The van der Waals surface area contributed by atoms with Gasteiger partial charge in [0.15, 0.2) is 0 Å². The second-order valence-electron chi connectivity index (χ2n) is 9.21. The van der Waals surface area contributed by atoms with E-state index >= 15 is 0 Å². The molecule has 176 valence electrons. The molecule has 0 aliphatic carbocycles. The van der Waals surface area contributed by atoms with Crippen LogP contribution in [-0.2, 0) is 9.47 Å². The van der Waals surface area contributed by atoms with Gasteiger partial charge in [-0.3, -0.25) is 0 Å². The molecule has 0 spiro atoms. The summed E-state index contributed by atoms with van der Waals surface area (Å²) in [6, 6.07) is 6.67. The van der Waals surface area contributed by atoms with E-state index < -0.39 is 11.9 Å². The maximum absolute atomic E-state index is 12.4. The summed E-state index contributed by atoms with van der Waals surface area (Å²) in [5, 5.41) is 0. The van der Waals surface area contributed by atoms with Crippen molar-refractivity contribution >= 4 is 11.9 Å². The van der Waals surface area contributed by atoms with E-state index in [-0.39, 0.29) is 17.2 Å². The Morgan fingerprint density at radius 2 is 1.13 bits per heavy atom. The number of carbonyl (C=O) groups excluding carboxylic acids is 2. The van der Waals surface area contributed by atoms with E-state index in [0.29, 0.717) is 6.61 Å². The average molecular weight is 433 g/mol. The minimum absolute atomic E-state index is 0.230. The van der Waals surface area contributed by atoms with Crippen molar-refractivity contribution < 1.29 is 19.1 Å². The van der Waals surface area contributed by atoms with E-state index in [1.807, 2.05) is 0 Å². The third-order valence-electron chi connectivity index (χ3n) is 5.37. The van der Waals surface area contributed by atoms with Crippen LogP contribution in [0.1, 0.15) is 125 Å². The predicted octanol–water partition coefficient (Wildman–Crippen LogP) is 7.75. The zero-order chi connectivity index (χ0) is 22.9. The Hall–Kier alpha value is -1.84. The van der Waals surface area contributed by atoms with Gasteiger partial charge in [-0.2, -0.15) is 0 Å². The van der Waals surface area contributed by atoms with Gasteiger partial charge in [0.05, 0.1) is 23.8 Å². The molecule has 0 aliphatic rings. The topological polar surface area (TPSA) is 52.6 Å². The van der Waals surface area contributed by atoms with Crippen LogP contribution in [0.15, 0.2) is 24.3 Å². The highest BCUT2D eigenvalue weighted by Gasteiger charge is 2.19. The van der Waals surface area contributed by atoms with Crippen molar-refractivity contribution in [3.05, 3.63) is 35.4 Å². The summed E-state index contributed by atoms with van der Waals surface area (Å²) < 4.78 is 10.6. The van der Waals surface area contributed by atoms with Crippen molar-refractivity contribution in [2.45, 2.75) is 111 Å². The fraction of sp³-hybridized carbons (Fsp3) is 0.704. The molecule has 0 atom stereocenters. The molecule has 0 saturated carbocycles. The lowest BCUT2D eigenvalue weighted by Crippen LogP contribution is -2.17. The Morgan fingerprint density at radius 1 is 0.677 bits per heavy atom. The SMILES string of the molecule is CC(C)CCCCCCCCCCCCCOC(=O)c1ccccc1C(=O)OC(C)C. The Kier molecular flexibility index (Phi) is 14.7. The quantitative estimate of drug-likeness (QED) is 0.186. The molecular weight excluding hydrogens is 388 g/mol. The van der Waals surface area contributed by atoms with Crippen LogP contribution in [0.5, 0.6) is 0 Å². The van der Waals surface area contributed by atoms with Crippen LogP contribution in [-0.4, -0.2) is 24.6 Å². The second-order valence-corrected chi connectivity index (χ2v) is 9.21. The molecule has 0 saturated heterocycles. The first-order chi connectivity index (χ1) is 14.9. The zero-order valence-electron chi connectivity index (χ0n) is 20.3. The van der Waals surface area contributed by atoms with Crippen LogP contribution in [0.3, 0.4) is 0 Å². The zero-order valence-corrected chi connectivity index (χ0v) is 20.3. The molecule has 0 radical (unpaired) electrons. The van der Waals surface area contributed by atoms with E-state index in [1.165, 1.54) is 64.2 Å².